The first kappa shape index (κ1) is 16.6. The molecule has 0 spiro atoms. The van der Waals surface area contributed by atoms with Gasteiger partial charge in [0.1, 0.15) is 11.9 Å². The zero-order valence-electron chi connectivity index (χ0n) is 11.9. The number of primary amides is 1. The minimum Gasteiger partial charge on any atom is -0.368 e. The van der Waals surface area contributed by atoms with Crippen LogP contribution in [-0.4, -0.2) is 20.4 Å². The Bertz CT molecular complexity index is 601. The van der Waals surface area contributed by atoms with Crippen LogP contribution in [0.2, 0.25) is 0 Å². The summed E-state index contributed by atoms with van der Waals surface area (Å²) in [6, 6.07) is 2.35. The van der Waals surface area contributed by atoms with Crippen molar-refractivity contribution in [2.75, 3.05) is 0 Å². The fourth-order valence-electron chi connectivity index (χ4n) is 1.74. The Hall–Kier alpha value is -1.47. The first-order valence-electron chi connectivity index (χ1n) is 6.02. The van der Waals surface area contributed by atoms with Gasteiger partial charge >= 0.3 is 0 Å². The van der Waals surface area contributed by atoms with Gasteiger partial charge in [0.25, 0.3) is 0 Å². The van der Waals surface area contributed by atoms with E-state index < -0.39 is 33.2 Å². The molecule has 0 bridgehead atoms. The van der Waals surface area contributed by atoms with Gasteiger partial charge < -0.3 is 5.73 Å². The molecule has 3 N–H and O–H groups in total. The highest BCUT2D eigenvalue weighted by molar-refractivity contribution is 7.89. The smallest absolute Gasteiger partial charge is 0.241 e. The van der Waals surface area contributed by atoms with Crippen molar-refractivity contribution < 1.29 is 17.6 Å². The third-order valence-corrected chi connectivity index (χ3v) is 4.15. The van der Waals surface area contributed by atoms with Gasteiger partial charge in [-0.05, 0) is 36.1 Å². The third-order valence-electron chi connectivity index (χ3n) is 2.75. The lowest BCUT2D eigenvalue weighted by molar-refractivity contribution is -0.121. The molecule has 0 aliphatic heterocycles. The van der Waals surface area contributed by atoms with Crippen molar-refractivity contribution in [3.05, 3.63) is 29.6 Å². The minimum atomic E-state index is -4.02. The molecule has 0 saturated heterocycles. The molecular formula is C13H19FN2O3S. The van der Waals surface area contributed by atoms with Crippen molar-refractivity contribution in [3.8, 4) is 0 Å². The molecule has 1 atom stereocenters. The standard InChI is InChI=1S/C13H19FN2O3S/c1-8-5-9(14)7-10(6-8)20(18,19)16-11(12(15)17)13(2,3)4/h5-7,11,16H,1-4H3,(H2,15,17)/t11-/m1/s1. The van der Waals surface area contributed by atoms with Crippen molar-refractivity contribution >= 4 is 15.9 Å². The summed E-state index contributed by atoms with van der Waals surface area (Å²) in [5.74, 6) is -1.44. The highest BCUT2D eigenvalue weighted by atomic mass is 32.2. The lowest BCUT2D eigenvalue weighted by Gasteiger charge is -2.28. The summed E-state index contributed by atoms with van der Waals surface area (Å²) in [6.07, 6.45) is 0. The molecule has 0 aliphatic rings. The molecule has 1 aromatic carbocycles. The van der Waals surface area contributed by atoms with E-state index in [0.29, 0.717) is 5.56 Å². The van der Waals surface area contributed by atoms with Gasteiger partial charge in [-0.25, -0.2) is 12.8 Å². The molecule has 5 nitrogen and oxygen atoms in total. The number of amides is 1. The van der Waals surface area contributed by atoms with Gasteiger partial charge in [0.05, 0.1) is 4.90 Å². The molecule has 0 heterocycles. The number of hydrogen-bond donors (Lipinski definition) is 2. The molecule has 0 radical (unpaired) electrons. The van der Waals surface area contributed by atoms with Gasteiger partial charge in [0.15, 0.2) is 0 Å². The fraction of sp³-hybridized carbons (Fsp3) is 0.462. The Balaban J connectivity index is 3.20. The summed E-state index contributed by atoms with van der Waals surface area (Å²) in [7, 11) is -4.02. The number of carbonyl (C=O) groups excluding carboxylic acids is 1. The Morgan fingerprint density at radius 1 is 1.30 bits per heavy atom. The Labute approximate surface area is 118 Å². The number of rotatable bonds is 4. The first-order valence-corrected chi connectivity index (χ1v) is 7.50. The summed E-state index contributed by atoms with van der Waals surface area (Å²) in [5.41, 5.74) is 5.00. The molecule has 0 unspecified atom stereocenters. The van der Waals surface area contributed by atoms with Crippen LogP contribution in [0.15, 0.2) is 23.1 Å². The number of hydrogen-bond acceptors (Lipinski definition) is 3. The average Bonchev–Trinajstić information content (AvgIpc) is 2.22. The van der Waals surface area contributed by atoms with Crippen molar-refractivity contribution in [2.24, 2.45) is 11.1 Å². The van der Waals surface area contributed by atoms with Crippen LogP contribution in [0.3, 0.4) is 0 Å². The van der Waals surface area contributed by atoms with E-state index in [1.165, 1.54) is 12.1 Å². The van der Waals surface area contributed by atoms with E-state index in [-0.39, 0.29) is 4.90 Å². The summed E-state index contributed by atoms with van der Waals surface area (Å²) >= 11 is 0. The third kappa shape index (κ3) is 4.01. The van der Waals surface area contributed by atoms with Gasteiger partial charge in [0.2, 0.25) is 15.9 Å². The number of carbonyl (C=O) groups is 1. The van der Waals surface area contributed by atoms with Crippen LogP contribution in [0.5, 0.6) is 0 Å². The molecular weight excluding hydrogens is 283 g/mol. The lowest BCUT2D eigenvalue weighted by atomic mass is 9.87. The zero-order chi connectivity index (χ0) is 15.7. The maximum absolute atomic E-state index is 13.3. The van der Waals surface area contributed by atoms with Gasteiger partial charge in [0, 0.05) is 0 Å². The van der Waals surface area contributed by atoms with Crippen molar-refractivity contribution in [1.82, 2.24) is 4.72 Å². The fourth-order valence-corrected chi connectivity index (χ4v) is 3.27. The molecule has 1 amide bonds. The van der Waals surface area contributed by atoms with E-state index in [4.69, 9.17) is 5.73 Å². The predicted octanol–water partition coefficient (Wildman–Crippen LogP) is 1.31. The van der Waals surface area contributed by atoms with Crippen molar-refractivity contribution in [2.45, 2.75) is 38.6 Å². The number of nitrogens with one attached hydrogen (secondary N) is 1. The van der Waals surface area contributed by atoms with Crippen LogP contribution in [-0.2, 0) is 14.8 Å². The largest absolute Gasteiger partial charge is 0.368 e. The Morgan fingerprint density at radius 3 is 2.25 bits per heavy atom. The number of benzene rings is 1. The van der Waals surface area contributed by atoms with Gasteiger partial charge in [-0.15, -0.1) is 0 Å². The second kappa shape index (κ2) is 5.49. The number of sulfonamides is 1. The van der Waals surface area contributed by atoms with Crippen LogP contribution in [0.1, 0.15) is 26.3 Å². The van der Waals surface area contributed by atoms with Crippen molar-refractivity contribution in [1.29, 1.82) is 0 Å². The van der Waals surface area contributed by atoms with Crippen LogP contribution in [0.25, 0.3) is 0 Å². The van der Waals surface area contributed by atoms with Crippen LogP contribution in [0.4, 0.5) is 4.39 Å². The normalized spacial score (nSPS) is 14.1. The van der Waals surface area contributed by atoms with E-state index >= 15 is 0 Å². The van der Waals surface area contributed by atoms with E-state index in [1.54, 1.807) is 27.7 Å². The van der Waals surface area contributed by atoms with E-state index in [1.807, 2.05) is 0 Å². The van der Waals surface area contributed by atoms with Gasteiger partial charge in [-0.2, -0.15) is 4.72 Å². The van der Waals surface area contributed by atoms with E-state index in [0.717, 1.165) is 6.07 Å². The summed E-state index contributed by atoms with van der Waals surface area (Å²) in [5, 5.41) is 0. The number of halogens is 1. The lowest BCUT2D eigenvalue weighted by Crippen LogP contribution is -2.51. The van der Waals surface area contributed by atoms with Crippen LogP contribution >= 0.6 is 0 Å². The van der Waals surface area contributed by atoms with Crippen LogP contribution < -0.4 is 10.5 Å². The molecule has 1 aromatic rings. The molecule has 112 valence electrons. The monoisotopic (exact) mass is 302 g/mol. The molecule has 1 rings (SSSR count). The highest BCUT2D eigenvalue weighted by Crippen LogP contribution is 2.22. The van der Waals surface area contributed by atoms with E-state index in [9.17, 15) is 17.6 Å². The molecule has 0 saturated carbocycles. The maximum atomic E-state index is 13.3. The SMILES string of the molecule is Cc1cc(F)cc(S(=O)(=O)N[C@H](C(N)=O)C(C)(C)C)c1. The van der Waals surface area contributed by atoms with Crippen molar-refractivity contribution in [3.63, 3.8) is 0 Å². The molecule has 0 aliphatic carbocycles. The average molecular weight is 302 g/mol. The summed E-state index contributed by atoms with van der Waals surface area (Å²) in [4.78, 5) is 11.2. The second-order valence-electron chi connectivity index (χ2n) is 5.79. The number of nitrogens with two attached hydrogens (primary N) is 1. The minimum absolute atomic E-state index is 0.231. The highest BCUT2D eigenvalue weighted by Gasteiger charge is 2.34. The molecule has 7 heteroatoms. The topological polar surface area (TPSA) is 89.3 Å². The molecule has 20 heavy (non-hydrogen) atoms. The van der Waals surface area contributed by atoms with Gasteiger partial charge in [-0.1, -0.05) is 20.8 Å². The summed E-state index contributed by atoms with van der Waals surface area (Å²) < 4.78 is 40.0. The van der Waals surface area contributed by atoms with E-state index in [2.05, 4.69) is 4.72 Å². The summed E-state index contributed by atoms with van der Waals surface area (Å²) in [6.45, 7) is 6.63. The second-order valence-corrected chi connectivity index (χ2v) is 7.50. The molecule has 0 fully saturated rings. The molecule has 0 aromatic heterocycles. The zero-order valence-corrected chi connectivity index (χ0v) is 12.7. The maximum Gasteiger partial charge on any atom is 0.241 e. The van der Waals surface area contributed by atoms with Crippen LogP contribution in [0, 0.1) is 18.2 Å². The quantitative estimate of drug-likeness (QED) is 0.879. The van der Waals surface area contributed by atoms with Gasteiger partial charge in [-0.3, -0.25) is 4.79 Å². The number of aryl methyl sites for hydroxylation is 1. The predicted molar refractivity (Wildman–Crippen MR) is 73.9 cm³/mol. The first-order chi connectivity index (χ1) is 8.93. The Kier molecular flexibility index (Phi) is 4.55. The Morgan fingerprint density at radius 2 is 1.85 bits per heavy atom.